The Bertz CT molecular complexity index is 310. The van der Waals surface area contributed by atoms with Crippen LogP contribution in [0, 0.1) is 13.8 Å². The number of nitrogens with zero attached hydrogens (tertiary/aromatic N) is 1. The molecule has 0 aliphatic carbocycles. The molecule has 0 spiro atoms. The van der Waals surface area contributed by atoms with Gasteiger partial charge in [0.25, 0.3) is 0 Å². The van der Waals surface area contributed by atoms with Crippen molar-refractivity contribution in [3.8, 4) is 0 Å². The Labute approximate surface area is 106 Å². The molecule has 2 heterocycles. The first kappa shape index (κ1) is 12.4. The van der Waals surface area contributed by atoms with Crippen LogP contribution in [0.15, 0.2) is 0 Å². The molecule has 1 aliphatic heterocycles. The third-order valence-electron chi connectivity index (χ3n) is 3.00. The zero-order chi connectivity index (χ0) is 11.4. The molecular weight excluding hydrogens is 236 g/mol. The van der Waals surface area contributed by atoms with Gasteiger partial charge in [-0.15, -0.1) is 11.3 Å². The molecule has 90 valence electrons. The second-order valence-corrected chi connectivity index (χ2v) is 7.06. The topological polar surface area (TPSA) is 24.9 Å². The minimum atomic E-state index is 0.830. The lowest BCUT2D eigenvalue weighted by Crippen LogP contribution is -2.26. The molecule has 1 fully saturated rings. The van der Waals surface area contributed by atoms with Crippen LogP contribution in [0.4, 0.5) is 0 Å². The van der Waals surface area contributed by atoms with Gasteiger partial charge < -0.3 is 5.32 Å². The van der Waals surface area contributed by atoms with Gasteiger partial charge in [0.05, 0.1) is 5.69 Å². The molecule has 0 aromatic carbocycles. The summed E-state index contributed by atoms with van der Waals surface area (Å²) in [5, 5.41) is 5.60. The summed E-state index contributed by atoms with van der Waals surface area (Å²) >= 11 is 3.95. The SMILES string of the molecule is Cc1nc(CNCC2CCCCS2)sc1C. The van der Waals surface area contributed by atoms with E-state index in [4.69, 9.17) is 0 Å². The minimum Gasteiger partial charge on any atom is -0.309 e. The third kappa shape index (κ3) is 3.47. The Morgan fingerprint density at radius 3 is 2.88 bits per heavy atom. The molecule has 0 radical (unpaired) electrons. The van der Waals surface area contributed by atoms with Crippen LogP contribution in [0.5, 0.6) is 0 Å². The van der Waals surface area contributed by atoms with E-state index in [1.165, 1.54) is 40.6 Å². The lowest BCUT2D eigenvalue weighted by molar-refractivity contribution is 0.596. The fourth-order valence-corrected chi connectivity index (χ4v) is 4.10. The van der Waals surface area contributed by atoms with Gasteiger partial charge in [0, 0.05) is 23.2 Å². The number of thioether (sulfide) groups is 1. The molecule has 1 N–H and O–H groups in total. The molecule has 1 aliphatic rings. The summed E-state index contributed by atoms with van der Waals surface area (Å²) in [5.74, 6) is 1.35. The molecule has 1 atom stereocenters. The van der Waals surface area contributed by atoms with Crippen LogP contribution in [0.2, 0.25) is 0 Å². The van der Waals surface area contributed by atoms with Crippen LogP contribution in [-0.4, -0.2) is 22.5 Å². The lowest BCUT2D eigenvalue weighted by Gasteiger charge is -2.21. The molecule has 0 saturated carbocycles. The van der Waals surface area contributed by atoms with Crippen LogP contribution < -0.4 is 5.32 Å². The molecule has 1 unspecified atom stereocenters. The van der Waals surface area contributed by atoms with Crippen LogP contribution in [0.3, 0.4) is 0 Å². The highest BCUT2D eigenvalue weighted by Gasteiger charge is 2.13. The first-order valence-electron chi connectivity index (χ1n) is 6.01. The summed E-state index contributed by atoms with van der Waals surface area (Å²) in [5.41, 5.74) is 1.19. The third-order valence-corrected chi connectivity index (χ3v) is 5.47. The second-order valence-electron chi connectivity index (χ2n) is 4.37. The fourth-order valence-electron chi connectivity index (χ4n) is 1.92. The summed E-state index contributed by atoms with van der Waals surface area (Å²) in [6.07, 6.45) is 4.20. The average molecular weight is 256 g/mol. The number of hydrogen-bond donors (Lipinski definition) is 1. The largest absolute Gasteiger partial charge is 0.309 e. The molecule has 1 aromatic heterocycles. The van der Waals surface area contributed by atoms with Crippen LogP contribution in [0.1, 0.15) is 34.8 Å². The second kappa shape index (κ2) is 6.03. The van der Waals surface area contributed by atoms with Gasteiger partial charge >= 0.3 is 0 Å². The normalized spacial score (nSPS) is 21.2. The average Bonchev–Trinajstić information content (AvgIpc) is 2.60. The van der Waals surface area contributed by atoms with E-state index in [1.807, 2.05) is 11.3 Å². The maximum absolute atomic E-state index is 4.54. The number of aromatic nitrogens is 1. The number of aryl methyl sites for hydroxylation is 2. The van der Waals surface area contributed by atoms with E-state index >= 15 is 0 Å². The molecule has 2 nitrogen and oxygen atoms in total. The summed E-state index contributed by atoms with van der Waals surface area (Å²) in [4.78, 5) is 5.89. The zero-order valence-electron chi connectivity index (χ0n) is 10.1. The van der Waals surface area contributed by atoms with Gasteiger partial charge in [-0.3, -0.25) is 0 Å². The molecule has 0 amide bonds. The van der Waals surface area contributed by atoms with Gasteiger partial charge in [0.2, 0.25) is 0 Å². The summed E-state index contributed by atoms with van der Waals surface area (Å²) in [6, 6.07) is 0. The standard InChI is InChI=1S/C12H20N2S2/c1-9-10(2)16-12(14-9)8-13-7-11-5-3-4-6-15-11/h11,13H,3-8H2,1-2H3. The predicted octanol–water partition coefficient (Wildman–Crippen LogP) is 3.14. The van der Waals surface area contributed by atoms with Crippen molar-refractivity contribution in [3.63, 3.8) is 0 Å². The van der Waals surface area contributed by atoms with Crippen LogP contribution >= 0.6 is 23.1 Å². The van der Waals surface area contributed by atoms with E-state index < -0.39 is 0 Å². The monoisotopic (exact) mass is 256 g/mol. The molecule has 1 saturated heterocycles. The highest BCUT2D eigenvalue weighted by Crippen LogP contribution is 2.24. The quantitative estimate of drug-likeness (QED) is 0.896. The molecule has 0 bridgehead atoms. The molecule has 4 heteroatoms. The number of rotatable bonds is 4. The van der Waals surface area contributed by atoms with Gasteiger partial charge in [0.15, 0.2) is 0 Å². The van der Waals surface area contributed by atoms with E-state index in [9.17, 15) is 0 Å². The van der Waals surface area contributed by atoms with Crippen molar-refractivity contribution in [2.75, 3.05) is 12.3 Å². The molecule has 1 aromatic rings. The van der Waals surface area contributed by atoms with Crippen LogP contribution in [0.25, 0.3) is 0 Å². The van der Waals surface area contributed by atoms with Crippen molar-refractivity contribution in [1.82, 2.24) is 10.3 Å². The highest BCUT2D eigenvalue weighted by molar-refractivity contribution is 7.99. The maximum Gasteiger partial charge on any atom is 0.107 e. The van der Waals surface area contributed by atoms with Crippen molar-refractivity contribution >= 4 is 23.1 Å². The summed E-state index contributed by atoms with van der Waals surface area (Å²) < 4.78 is 0. The number of nitrogens with one attached hydrogen (secondary N) is 1. The van der Waals surface area contributed by atoms with Crippen molar-refractivity contribution < 1.29 is 0 Å². The van der Waals surface area contributed by atoms with Gasteiger partial charge in [-0.25, -0.2) is 4.98 Å². The summed E-state index contributed by atoms with van der Waals surface area (Å²) in [6.45, 7) is 6.32. The molecule has 16 heavy (non-hydrogen) atoms. The Morgan fingerprint density at radius 2 is 2.25 bits per heavy atom. The maximum atomic E-state index is 4.54. The van der Waals surface area contributed by atoms with Gasteiger partial charge in [-0.2, -0.15) is 11.8 Å². The van der Waals surface area contributed by atoms with E-state index in [-0.39, 0.29) is 0 Å². The number of hydrogen-bond acceptors (Lipinski definition) is 4. The molecular formula is C12H20N2S2. The smallest absolute Gasteiger partial charge is 0.107 e. The van der Waals surface area contributed by atoms with E-state index in [0.29, 0.717) is 0 Å². The Balaban J connectivity index is 1.71. The zero-order valence-corrected chi connectivity index (χ0v) is 11.7. The van der Waals surface area contributed by atoms with Crippen molar-refractivity contribution in [1.29, 1.82) is 0 Å². The van der Waals surface area contributed by atoms with E-state index in [1.54, 1.807) is 0 Å². The number of thiazole rings is 1. The van der Waals surface area contributed by atoms with Crippen molar-refractivity contribution in [2.24, 2.45) is 0 Å². The van der Waals surface area contributed by atoms with E-state index in [2.05, 4.69) is 35.9 Å². The first-order chi connectivity index (χ1) is 7.75. The summed E-state index contributed by atoms with van der Waals surface area (Å²) in [7, 11) is 0. The van der Waals surface area contributed by atoms with Gasteiger partial charge in [0.1, 0.15) is 5.01 Å². The molecule has 2 rings (SSSR count). The Kier molecular flexibility index (Phi) is 4.67. The van der Waals surface area contributed by atoms with Gasteiger partial charge in [-0.1, -0.05) is 6.42 Å². The lowest BCUT2D eigenvalue weighted by atomic mass is 10.2. The Morgan fingerprint density at radius 1 is 1.38 bits per heavy atom. The van der Waals surface area contributed by atoms with Crippen molar-refractivity contribution in [2.45, 2.75) is 44.9 Å². The fraction of sp³-hybridized carbons (Fsp3) is 0.750. The first-order valence-corrected chi connectivity index (χ1v) is 7.87. The van der Waals surface area contributed by atoms with Crippen molar-refractivity contribution in [3.05, 3.63) is 15.6 Å². The minimum absolute atomic E-state index is 0.830. The van der Waals surface area contributed by atoms with Crippen LogP contribution in [-0.2, 0) is 6.54 Å². The highest BCUT2D eigenvalue weighted by atomic mass is 32.2. The Hall–Kier alpha value is -0.0600. The van der Waals surface area contributed by atoms with E-state index in [0.717, 1.165) is 18.3 Å². The predicted molar refractivity (Wildman–Crippen MR) is 73.4 cm³/mol. The van der Waals surface area contributed by atoms with Gasteiger partial charge in [-0.05, 0) is 32.4 Å².